The topological polar surface area (TPSA) is 103 Å². The third-order valence-corrected chi connectivity index (χ3v) is 3.32. The van der Waals surface area contributed by atoms with Crippen LogP contribution in [-0.4, -0.2) is 35.6 Å². The fraction of sp³-hybridized carbons (Fsp3) is 0.462. The summed E-state index contributed by atoms with van der Waals surface area (Å²) in [6, 6.07) is 2.02. The monoisotopic (exact) mass is 294 g/mol. The second kappa shape index (κ2) is 6.62. The van der Waals surface area contributed by atoms with Crippen molar-refractivity contribution in [2.24, 2.45) is 11.5 Å². The molecule has 0 aromatic carbocycles. The Kier molecular flexibility index (Phi) is 4.86. The minimum Gasteiger partial charge on any atom is -0.389 e. The van der Waals surface area contributed by atoms with Gasteiger partial charge in [-0.3, -0.25) is 4.79 Å². The zero-order valence-corrected chi connectivity index (χ0v) is 12.0. The number of hydrogen-bond acceptors (Lipinski definition) is 5. The zero-order chi connectivity index (χ0) is 14.5. The minimum absolute atomic E-state index is 0.0819. The highest BCUT2D eigenvalue weighted by atomic mass is 32.1. The Morgan fingerprint density at radius 2 is 2.25 bits per heavy atom. The summed E-state index contributed by atoms with van der Waals surface area (Å²) in [6.45, 7) is 0.786. The van der Waals surface area contributed by atoms with E-state index in [4.69, 9.17) is 28.4 Å². The van der Waals surface area contributed by atoms with Gasteiger partial charge in [-0.2, -0.15) is 0 Å². The first-order valence-electron chi connectivity index (χ1n) is 6.50. The van der Waals surface area contributed by atoms with Crippen molar-refractivity contribution >= 4 is 28.9 Å². The summed E-state index contributed by atoms with van der Waals surface area (Å²) >= 11 is 5.06. The van der Waals surface area contributed by atoms with Gasteiger partial charge in [0.15, 0.2) is 0 Å². The van der Waals surface area contributed by atoms with E-state index in [9.17, 15) is 4.79 Å². The molecule has 1 amide bonds. The summed E-state index contributed by atoms with van der Waals surface area (Å²) in [4.78, 5) is 15.4. The van der Waals surface area contributed by atoms with Crippen LogP contribution in [-0.2, 0) is 22.4 Å². The quantitative estimate of drug-likeness (QED) is 0.487. The van der Waals surface area contributed by atoms with E-state index in [-0.39, 0.29) is 6.61 Å². The molecular formula is C13H18N4O2S. The van der Waals surface area contributed by atoms with E-state index in [0.29, 0.717) is 24.0 Å². The summed E-state index contributed by atoms with van der Waals surface area (Å²) in [5, 5.41) is 3.14. The van der Waals surface area contributed by atoms with Gasteiger partial charge in [-0.15, -0.1) is 0 Å². The van der Waals surface area contributed by atoms with Crippen molar-refractivity contribution in [2.45, 2.75) is 19.3 Å². The number of carbonyl (C=O) groups excluding carboxylic acids is 1. The van der Waals surface area contributed by atoms with Crippen LogP contribution < -0.4 is 16.8 Å². The molecule has 0 radical (unpaired) electrons. The molecule has 1 aliphatic rings. The smallest absolute Gasteiger partial charge is 0.243 e. The van der Waals surface area contributed by atoms with Gasteiger partial charge in [0.05, 0.1) is 12.2 Å². The molecule has 2 rings (SSSR count). The number of ether oxygens (including phenoxy) is 1. The Bertz CT molecular complexity index is 533. The molecule has 108 valence electrons. The number of aromatic nitrogens is 1. The molecule has 20 heavy (non-hydrogen) atoms. The molecule has 5 N–H and O–H groups in total. The number of amides is 1. The van der Waals surface area contributed by atoms with Crippen molar-refractivity contribution in [1.29, 1.82) is 0 Å². The number of nitrogens with two attached hydrogens (primary N) is 2. The van der Waals surface area contributed by atoms with Crippen molar-refractivity contribution in [3.05, 3.63) is 22.9 Å². The lowest BCUT2D eigenvalue weighted by Crippen LogP contribution is -2.22. The Labute approximate surface area is 122 Å². The van der Waals surface area contributed by atoms with Crippen LogP contribution in [0.5, 0.6) is 0 Å². The maximum absolute atomic E-state index is 10.5. The van der Waals surface area contributed by atoms with Crippen LogP contribution in [0.15, 0.2) is 6.07 Å². The lowest BCUT2D eigenvalue weighted by molar-refractivity contribution is -0.122. The van der Waals surface area contributed by atoms with E-state index >= 15 is 0 Å². The van der Waals surface area contributed by atoms with Gasteiger partial charge < -0.3 is 21.5 Å². The fourth-order valence-corrected chi connectivity index (χ4v) is 2.36. The van der Waals surface area contributed by atoms with E-state index in [1.807, 2.05) is 6.07 Å². The largest absolute Gasteiger partial charge is 0.389 e. The van der Waals surface area contributed by atoms with Crippen molar-refractivity contribution in [3.63, 3.8) is 0 Å². The second-order valence-corrected chi connectivity index (χ2v) is 5.09. The van der Waals surface area contributed by atoms with Gasteiger partial charge in [0.25, 0.3) is 0 Å². The van der Waals surface area contributed by atoms with Crippen LogP contribution in [0.2, 0.25) is 0 Å². The number of pyridine rings is 1. The summed E-state index contributed by atoms with van der Waals surface area (Å²) in [7, 11) is 0. The second-order valence-electron chi connectivity index (χ2n) is 4.65. The Morgan fingerprint density at radius 1 is 1.45 bits per heavy atom. The lowest BCUT2D eigenvalue weighted by atomic mass is 10.1. The van der Waals surface area contributed by atoms with Crippen molar-refractivity contribution in [2.75, 3.05) is 25.1 Å². The number of primary amides is 1. The van der Waals surface area contributed by atoms with Gasteiger partial charge in [0, 0.05) is 12.2 Å². The van der Waals surface area contributed by atoms with Crippen LogP contribution in [0.3, 0.4) is 0 Å². The van der Waals surface area contributed by atoms with Gasteiger partial charge in [0.1, 0.15) is 17.4 Å². The average molecular weight is 294 g/mol. The van der Waals surface area contributed by atoms with Crippen LogP contribution >= 0.6 is 12.2 Å². The molecule has 6 nitrogen and oxygen atoms in total. The highest BCUT2D eigenvalue weighted by Gasteiger charge is 2.17. The van der Waals surface area contributed by atoms with Crippen LogP contribution in [0.4, 0.5) is 5.82 Å². The molecule has 0 atom stereocenters. The van der Waals surface area contributed by atoms with Gasteiger partial charge in [0.2, 0.25) is 5.91 Å². The van der Waals surface area contributed by atoms with Crippen molar-refractivity contribution < 1.29 is 9.53 Å². The first kappa shape index (κ1) is 14.7. The minimum atomic E-state index is -0.482. The average Bonchev–Trinajstić information content (AvgIpc) is 2.83. The van der Waals surface area contributed by atoms with Gasteiger partial charge in [-0.25, -0.2) is 4.98 Å². The fourth-order valence-electron chi connectivity index (χ4n) is 2.21. The van der Waals surface area contributed by atoms with E-state index in [2.05, 4.69) is 10.3 Å². The number of thiocarbonyl (C=S) groups is 1. The van der Waals surface area contributed by atoms with E-state index in [1.54, 1.807) is 0 Å². The molecule has 1 aromatic heterocycles. The number of carbonyl (C=O) groups is 1. The number of fused-ring (bicyclic) bond motifs is 1. The Balaban J connectivity index is 1.99. The molecule has 0 saturated carbocycles. The molecule has 0 fully saturated rings. The van der Waals surface area contributed by atoms with Gasteiger partial charge >= 0.3 is 0 Å². The number of aryl methyl sites for hydroxylation is 2. The SMILES string of the molecule is NC(=O)COCCNc1nc2c(cc1C(N)=S)CCC2. The highest BCUT2D eigenvalue weighted by Crippen LogP contribution is 2.25. The molecule has 0 aliphatic heterocycles. The first-order chi connectivity index (χ1) is 9.58. The lowest BCUT2D eigenvalue weighted by Gasteiger charge is -2.12. The normalized spacial score (nSPS) is 13.0. The molecule has 7 heteroatoms. The zero-order valence-electron chi connectivity index (χ0n) is 11.1. The third kappa shape index (κ3) is 3.64. The number of nitrogens with zero attached hydrogens (tertiary/aromatic N) is 1. The molecule has 0 spiro atoms. The van der Waals surface area contributed by atoms with Gasteiger partial charge in [-0.05, 0) is 30.9 Å². The molecule has 0 bridgehead atoms. The predicted molar refractivity (Wildman–Crippen MR) is 80.7 cm³/mol. The first-order valence-corrected chi connectivity index (χ1v) is 6.91. The number of anilines is 1. The summed E-state index contributed by atoms with van der Waals surface area (Å²) in [5.74, 6) is 0.199. The van der Waals surface area contributed by atoms with E-state index in [0.717, 1.165) is 30.5 Å². The predicted octanol–water partition coefficient (Wildman–Crippen LogP) is 0.118. The van der Waals surface area contributed by atoms with E-state index < -0.39 is 5.91 Å². The number of nitrogens with one attached hydrogen (secondary N) is 1. The Morgan fingerprint density at radius 3 is 2.95 bits per heavy atom. The summed E-state index contributed by atoms with van der Waals surface area (Å²) in [5.41, 5.74) is 13.8. The van der Waals surface area contributed by atoms with E-state index in [1.165, 1.54) is 5.56 Å². The highest BCUT2D eigenvalue weighted by molar-refractivity contribution is 7.80. The molecule has 1 aromatic rings. The third-order valence-electron chi connectivity index (χ3n) is 3.10. The molecule has 0 unspecified atom stereocenters. The van der Waals surface area contributed by atoms with Crippen LogP contribution in [0.25, 0.3) is 0 Å². The maximum Gasteiger partial charge on any atom is 0.243 e. The van der Waals surface area contributed by atoms with Crippen molar-refractivity contribution in [1.82, 2.24) is 4.98 Å². The van der Waals surface area contributed by atoms with Crippen molar-refractivity contribution in [3.8, 4) is 0 Å². The molecule has 0 saturated heterocycles. The summed E-state index contributed by atoms with van der Waals surface area (Å²) in [6.07, 6.45) is 3.13. The molecule has 1 heterocycles. The standard InChI is InChI=1S/C13H18N4O2S/c14-11(18)7-19-5-4-16-13-9(12(15)20)6-8-2-1-3-10(8)17-13/h6H,1-5,7H2,(H2,14,18)(H2,15,20)(H,16,17). The Hall–Kier alpha value is -1.73. The summed E-state index contributed by atoms with van der Waals surface area (Å²) < 4.78 is 5.08. The van der Waals surface area contributed by atoms with Crippen LogP contribution in [0.1, 0.15) is 23.2 Å². The maximum atomic E-state index is 10.5. The van der Waals surface area contributed by atoms with Gasteiger partial charge in [-0.1, -0.05) is 12.2 Å². The number of hydrogen-bond donors (Lipinski definition) is 3. The number of rotatable bonds is 7. The molecular weight excluding hydrogens is 276 g/mol. The van der Waals surface area contributed by atoms with Crippen LogP contribution in [0, 0.1) is 0 Å². The molecule has 1 aliphatic carbocycles.